The van der Waals surface area contributed by atoms with Crippen LogP contribution < -0.4 is 10.4 Å². The first-order chi connectivity index (χ1) is 14.0. The van der Waals surface area contributed by atoms with E-state index in [0.717, 1.165) is 53.7 Å². The van der Waals surface area contributed by atoms with Crippen molar-refractivity contribution < 1.29 is 14.1 Å². The number of rotatable bonds is 2. The van der Waals surface area contributed by atoms with Gasteiger partial charge in [-0.25, -0.2) is 4.79 Å². The number of carbonyl (C=O) groups excluding carboxylic acids is 1. The number of hydrogen-bond acceptors (Lipinski definition) is 5. The molecule has 3 aromatic rings. The highest BCUT2D eigenvalue weighted by atomic mass is 16.5. The second kappa shape index (κ2) is 6.50. The minimum atomic E-state index is -0.215. The van der Waals surface area contributed by atoms with Crippen molar-refractivity contribution in [3.63, 3.8) is 0 Å². The van der Waals surface area contributed by atoms with Crippen LogP contribution in [0, 0.1) is 13.8 Å². The van der Waals surface area contributed by atoms with Crippen LogP contribution in [0.25, 0.3) is 22.2 Å². The first kappa shape index (κ1) is 18.0. The Morgan fingerprint density at radius 1 is 1.24 bits per heavy atom. The van der Waals surface area contributed by atoms with Gasteiger partial charge in [-0.05, 0) is 45.2 Å². The lowest BCUT2D eigenvalue weighted by molar-refractivity contribution is -0.134. The van der Waals surface area contributed by atoms with Crippen molar-refractivity contribution in [1.82, 2.24) is 19.6 Å². The van der Waals surface area contributed by atoms with Crippen LogP contribution >= 0.6 is 0 Å². The summed E-state index contributed by atoms with van der Waals surface area (Å²) in [5.74, 6) is 1.42. The van der Waals surface area contributed by atoms with Crippen LogP contribution in [0.1, 0.15) is 43.7 Å². The Hall–Kier alpha value is -3.03. The molecule has 2 unspecified atom stereocenters. The number of aromatic nitrogens is 3. The number of likely N-dealkylation sites (tertiary alicyclic amines) is 1. The average Bonchev–Trinajstić information content (AvgIpc) is 3.23. The molecule has 0 aliphatic carbocycles. The Balaban J connectivity index is 1.70. The number of imidazole rings is 1. The van der Waals surface area contributed by atoms with Crippen LogP contribution in [0.4, 0.5) is 0 Å². The molecule has 1 amide bonds. The van der Waals surface area contributed by atoms with Gasteiger partial charge in [0.2, 0.25) is 5.91 Å². The molecule has 5 rings (SSSR count). The van der Waals surface area contributed by atoms with E-state index in [1.807, 2.05) is 30.9 Å². The number of hydrogen-bond donors (Lipinski definition) is 1. The third-order valence-corrected chi connectivity index (χ3v) is 6.26. The number of nitrogens with zero attached hydrogens (tertiary/aromatic N) is 3. The van der Waals surface area contributed by atoms with Crippen LogP contribution in [-0.4, -0.2) is 44.7 Å². The number of carbonyl (C=O) groups is 1. The van der Waals surface area contributed by atoms with Gasteiger partial charge < -0.3 is 19.1 Å². The van der Waals surface area contributed by atoms with Crippen molar-refractivity contribution in [1.29, 1.82) is 0 Å². The highest BCUT2D eigenvalue weighted by Crippen LogP contribution is 2.43. The smallest absolute Gasteiger partial charge is 0.327 e. The fraction of sp³-hybridized carbons (Fsp3) is 0.476. The molecule has 0 bridgehead atoms. The Kier molecular flexibility index (Phi) is 4.04. The lowest BCUT2D eigenvalue weighted by Crippen LogP contribution is -2.50. The van der Waals surface area contributed by atoms with Gasteiger partial charge in [0.05, 0.1) is 28.9 Å². The van der Waals surface area contributed by atoms with Crippen molar-refractivity contribution in [3.05, 3.63) is 34.1 Å². The van der Waals surface area contributed by atoms with E-state index < -0.39 is 0 Å². The zero-order chi connectivity index (χ0) is 20.3. The third-order valence-electron chi connectivity index (χ3n) is 6.26. The van der Waals surface area contributed by atoms with Gasteiger partial charge in [0.25, 0.3) is 0 Å². The lowest BCUT2D eigenvalue weighted by Gasteiger charge is -2.41. The number of ether oxygens (including phenoxy) is 1. The zero-order valence-corrected chi connectivity index (χ0v) is 16.8. The summed E-state index contributed by atoms with van der Waals surface area (Å²) in [5, 5.41) is 4.06. The van der Waals surface area contributed by atoms with Gasteiger partial charge in [-0.1, -0.05) is 5.16 Å². The van der Waals surface area contributed by atoms with Gasteiger partial charge in [0, 0.05) is 19.0 Å². The van der Waals surface area contributed by atoms with Gasteiger partial charge >= 0.3 is 5.69 Å². The molecule has 152 valence electrons. The topological polar surface area (TPSA) is 93.4 Å². The molecule has 2 aliphatic rings. The standard InChI is InChI=1S/C21H24N4O4/c1-11-18(12(2)29-23-11)14-7-8-15-19-20(14)28-10-17(25(19)21(27)22-15)16-6-4-5-9-24(16)13(3)26/h7-8,16-17H,4-6,9-10H2,1-3H3,(H,22,27). The Morgan fingerprint density at radius 3 is 2.79 bits per heavy atom. The molecule has 2 atom stereocenters. The Bertz CT molecular complexity index is 1150. The van der Waals surface area contributed by atoms with Crippen molar-refractivity contribution in [3.8, 4) is 16.9 Å². The Labute approximate surface area is 167 Å². The van der Waals surface area contributed by atoms with Crippen LogP contribution in [0.5, 0.6) is 5.75 Å². The van der Waals surface area contributed by atoms with Crippen LogP contribution in [0.15, 0.2) is 21.5 Å². The summed E-state index contributed by atoms with van der Waals surface area (Å²) in [7, 11) is 0. The van der Waals surface area contributed by atoms with Gasteiger partial charge in [-0.3, -0.25) is 9.36 Å². The van der Waals surface area contributed by atoms with Crippen LogP contribution in [0.2, 0.25) is 0 Å². The maximum absolute atomic E-state index is 12.9. The maximum atomic E-state index is 12.9. The van der Waals surface area contributed by atoms with Gasteiger partial charge in [-0.2, -0.15) is 0 Å². The van der Waals surface area contributed by atoms with E-state index in [0.29, 0.717) is 18.1 Å². The van der Waals surface area contributed by atoms with Gasteiger partial charge in [0.15, 0.2) is 5.75 Å². The molecule has 0 saturated carbocycles. The molecule has 2 aliphatic heterocycles. The first-order valence-corrected chi connectivity index (χ1v) is 10.1. The fourth-order valence-corrected chi connectivity index (χ4v) is 4.99. The first-order valence-electron chi connectivity index (χ1n) is 10.1. The number of aryl methyl sites for hydroxylation is 2. The van der Waals surface area contributed by atoms with Crippen molar-refractivity contribution in [2.45, 2.75) is 52.1 Å². The second-order valence-corrected chi connectivity index (χ2v) is 7.99. The molecule has 2 aromatic heterocycles. The normalized spacial score (nSPS) is 21.4. The predicted molar refractivity (Wildman–Crippen MR) is 107 cm³/mol. The van der Waals surface area contributed by atoms with E-state index in [1.54, 1.807) is 11.5 Å². The minimum Gasteiger partial charge on any atom is -0.488 e. The molecule has 1 saturated heterocycles. The van der Waals surface area contributed by atoms with E-state index in [2.05, 4.69) is 10.1 Å². The number of piperidine rings is 1. The molecular formula is C21H24N4O4. The van der Waals surface area contributed by atoms with Crippen molar-refractivity contribution >= 4 is 16.9 Å². The molecule has 8 heteroatoms. The van der Waals surface area contributed by atoms with E-state index in [4.69, 9.17) is 9.26 Å². The van der Waals surface area contributed by atoms with Gasteiger partial charge in [0.1, 0.15) is 17.9 Å². The van der Waals surface area contributed by atoms with Crippen molar-refractivity contribution in [2.75, 3.05) is 13.2 Å². The van der Waals surface area contributed by atoms with E-state index in [1.165, 1.54) is 0 Å². The SMILES string of the molecule is CC(=O)N1CCCCC1C1COc2c(-c3c(C)noc3C)ccc3[nH]c(=O)n1c23. The van der Waals surface area contributed by atoms with Crippen molar-refractivity contribution in [2.24, 2.45) is 0 Å². The quantitative estimate of drug-likeness (QED) is 0.719. The highest BCUT2D eigenvalue weighted by Gasteiger charge is 2.38. The number of aromatic amines is 1. The largest absolute Gasteiger partial charge is 0.488 e. The Morgan fingerprint density at radius 2 is 2.07 bits per heavy atom. The summed E-state index contributed by atoms with van der Waals surface area (Å²) in [6, 6.07) is 3.57. The fourth-order valence-electron chi connectivity index (χ4n) is 4.99. The third kappa shape index (κ3) is 2.62. The molecule has 29 heavy (non-hydrogen) atoms. The second-order valence-electron chi connectivity index (χ2n) is 7.99. The summed E-state index contributed by atoms with van der Waals surface area (Å²) >= 11 is 0. The summed E-state index contributed by atoms with van der Waals surface area (Å²) in [6.45, 7) is 6.43. The summed E-state index contributed by atoms with van der Waals surface area (Å²) in [6.07, 6.45) is 2.90. The number of H-pyrrole nitrogens is 1. The lowest BCUT2D eigenvalue weighted by atomic mass is 9.94. The van der Waals surface area contributed by atoms with Crippen LogP contribution in [-0.2, 0) is 4.79 Å². The molecule has 4 heterocycles. The highest BCUT2D eigenvalue weighted by molar-refractivity contribution is 5.92. The zero-order valence-electron chi connectivity index (χ0n) is 16.8. The summed E-state index contributed by atoms with van der Waals surface area (Å²) in [4.78, 5) is 30.0. The molecule has 8 nitrogen and oxygen atoms in total. The molecule has 1 aromatic carbocycles. The number of benzene rings is 1. The summed E-state index contributed by atoms with van der Waals surface area (Å²) < 4.78 is 13.4. The maximum Gasteiger partial charge on any atom is 0.327 e. The molecule has 0 spiro atoms. The predicted octanol–water partition coefficient (Wildman–Crippen LogP) is 2.94. The van der Waals surface area contributed by atoms with Gasteiger partial charge in [-0.15, -0.1) is 0 Å². The monoisotopic (exact) mass is 396 g/mol. The number of amides is 1. The average molecular weight is 396 g/mol. The van der Waals surface area contributed by atoms with E-state index in [-0.39, 0.29) is 23.7 Å². The van der Waals surface area contributed by atoms with Crippen LogP contribution in [0.3, 0.4) is 0 Å². The number of nitrogens with one attached hydrogen (secondary N) is 1. The molecule has 0 radical (unpaired) electrons. The molecule has 1 N–H and O–H groups in total. The minimum absolute atomic E-state index is 0.0461. The molecule has 1 fully saturated rings. The van der Waals surface area contributed by atoms with E-state index >= 15 is 0 Å². The molecular weight excluding hydrogens is 372 g/mol. The summed E-state index contributed by atoms with van der Waals surface area (Å²) in [5.41, 5.74) is 3.85. The van der Waals surface area contributed by atoms with E-state index in [9.17, 15) is 9.59 Å².